The van der Waals surface area contributed by atoms with Gasteiger partial charge in [0.1, 0.15) is 11.4 Å². The summed E-state index contributed by atoms with van der Waals surface area (Å²) >= 11 is 0. The zero-order valence-electron chi connectivity index (χ0n) is 12.2. The molecule has 21 heavy (non-hydrogen) atoms. The first-order valence-corrected chi connectivity index (χ1v) is 7.33. The van der Waals surface area contributed by atoms with Gasteiger partial charge in [0.05, 0.1) is 12.8 Å². The van der Waals surface area contributed by atoms with Crippen LogP contribution in [0.15, 0.2) is 34.3 Å². The highest BCUT2D eigenvalue weighted by molar-refractivity contribution is 6.04. The highest BCUT2D eigenvalue weighted by Gasteiger charge is 2.35. The van der Waals surface area contributed by atoms with Crippen LogP contribution >= 0.6 is 0 Å². The Morgan fingerprint density at radius 2 is 2.00 bits per heavy atom. The third kappa shape index (κ3) is 2.94. The summed E-state index contributed by atoms with van der Waals surface area (Å²) < 4.78 is 5.34. The van der Waals surface area contributed by atoms with Gasteiger partial charge in [-0.3, -0.25) is 0 Å². The Hall–Kier alpha value is -2.24. The van der Waals surface area contributed by atoms with E-state index < -0.39 is 0 Å². The van der Waals surface area contributed by atoms with Crippen molar-refractivity contribution in [3.8, 4) is 5.75 Å². The maximum atomic E-state index is 5.91. The highest BCUT2D eigenvalue weighted by atomic mass is 16.5. The molecular formula is C15H21N5O. The molecule has 0 saturated heterocycles. The third-order valence-corrected chi connectivity index (χ3v) is 3.95. The summed E-state index contributed by atoms with van der Waals surface area (Å²) in [6.07, 6.45) is 5.54. The quantitative estimate of drug-likeness (QED) is 0.777. The van der Waals surface area contributed by atoms with Crippen molar-refractivity contribution >= 4 is 17.6 Å². The van der Waals surface area contributed by atoms with E-state index in [4.69, 9.17) is 10.5 Å². The third-order valence-electron chi connectivity index (χ3n) is 3.95. The number of hydrogen-bond acceptors (Lipinski definition) is 6. The molecule has 1 aromatic rings. The Morgan fingerprint density at radius 1 is 1.24 bits per heavy atom. The van der Waals surface area contributed by atoms with Crippen molar-refractivity contribution in [2.75, 3.05) is 12.4 Å². The van der Waals surface area contributed by atoms with Crippen LogP contribution in [0.4, 0.5) is 5.69 Å². The van der Waals surface area contributed by atoms with Gasteiger partial charge in [0.2, 0.25) is 11.9 Å². The minimum absolute atomic E-state index is 0.297. The van der Waals surface area contributed by atoms with E-state index in [1.165, 1.54) is 6.42 Å². The number of methoxy groups -OCH3 is 1. The van der Waals surface area contributed by atoms with E-state index in [2.05, 4.69) is 20.6 Å². The normalized spacial score (nSPS) is 20.2. The Kier molecular flexibility index (Phi) is 3.68. The summed E-state index contributed by atoms with van der Waals surface area (Å²) in [7, 11) is 1.65. The number of rotatable bonds is 2. The van der Waals surface area contributed by atoms with Gasteiger partial charge < -0.3 is 21.1 Å². The molecular weight excluding hydrogens is 266 g/mol. The van der Waals surface area contributed by atoms with Crippen LogP contribution in [0.25, 0.3) is 0 Å². The first-order valence-electron chi connectivity index (χ1n) is 7.33. The minimum atomic E-state index is -0.297. The largest absolute Gasteiger partial charge is 0.495 e. The van der Waals surface area contributed by atoms with E-state index in [1.54, 1.807) is 7.11 Å². The lowest BCUT2D eigenvalue weighted by Crippen LogP contribution is -2.54. The second-order valence-electron chi connectivity index (χ2n) is 5.47. The van der Waals surface area contributed by atoms with E-state index in [9.17, 15) is 0 Å². The average molecular weight is 287 g/mol. The van der Waals surface area contributed by atoms with Crippen molar-refractivity contribution in [1.82, 2.24) is 5.32 Å². The molecule has 1 aliphatic heterocycles. The molecule has 112 valence electrons. The molecule has 1 fully saturated rings. The zero-order chi connectivity index (χ0) is 14.7. The summed E-state index contributed by atoms with van der Waals surface area (Å²) in [5.74, 6) is 1.72. The smallest absolute Gasteiger partial charge is 0.220 e. The number of anilines is 1. The molecule has 1 heterocycles. The number of para-hydroxylation sites is 2. The molecule has 0 radical (unpaired) electrons. The van der Waals surface area contributed by atoms with E-state index in [1.807, 2.05) is 24.3 Å². The summed E-state index contributed by atoms with van der Waals surface area (Å²) in [5.41, 5.74) is 6.46. The lowest BCUT2D eigenvalue weighted by molar-refractivity contribution is 0.274. The predicted molar refractivity (Wildman–Crippen MR) is 84.6 cm³/mol. The molecule has 0 unspecified atom stereocenters. The van der Waals surface area contributed by atoms with Crippen molar-refractivity contribution in [1.29, 1.82) is 0 Å². The van der Waals surface area contributed by atoms with Crippen molar-refractivity contribution in [3.63, 3.8) is 0 Å². The molecule has 1 aliphatic carbocycles. The summed E-state index contributed by atoms with van der Waals surface area (Å²) in [5, 5.41) is 6.67. The summed E-state index contributed by atoms with van der Waals surface area (Å²) in [6, 6.07) is 7.72. The first kappa shape index (κ1) is 13.7. The molecule has 0 amide bonds. The van der Waals surface area contributed by atoms with Crippen LogP contribution in [0, 0.1) is 0 Å². The van der Waals surface area contributed by atoms with Gasteiger partial charge >= 0.3 is 0 Å². The summed E-state index contributed by atoms with van der Waals surface area (Å²) in [6.45, 7) is 0. The molecule has 6 heteroatoms. The van der Waals surface area contributed by atoms with Gasteiger partial charge in [-0.15, -0.1) is 0 Å². The number of nitrogens with zero attached hydrogens (tertiary/aromatic N) is 2. The Labute approximate surface area is 124 Å². The van der Waals surface area contributed by atoms with E-state index in [-0.39, 0.29) is 5.66 Å². The Morgan fingerprint density at radius 3 is 2.76 bits per heavy atom. The fraction of sp³-hybridized carbons (Fsp3) is 0.467. The van der Waals surface area contributed by atoms with Gasteiger partial charge in [-0.25, -0.2) is 4.99 Å². The molecule has 0 aromatic heterocycles. The molecule has 3 rings (SSSR count). The molecule has 6 nitrogen and oxygen atoms in total. The number of ether oxygens (including phenoxy) is 1. The molecule has 2 aliphatic rings. The van der Waals surface area contributed by atoms with Gasteiger partial charge in [-0.2, -0.15) is 4.99 Å². The number of nitrogens with two attached hydrogens (primary N) is 1. The topological polar surface area (TPSA) is 84.0 Å². The van der Waals surface area contributed by atoms with E-state index in [0.29, 0.717) is 11.9 Å². The van der Waals surface area contributed by atoms with Gasteiger partial charge in [0.15, 0.2) is 0 Å². The van der Waals surface area contributed by atoms with Crippen LogP contribution in [0.1, 0.15) is 32.1 Å². The lowest BCUT2D eigenvalue weighted by Gasteiger charge is -2.37. The maximum absolute atomic E-state index is 5.91. The van der Waals surface area contributed by atoms with Crippen LogP contribution in [-0.2, 0) is 0 Å². The van der Waals surface area contributed by atoms with Gasteiger partial charge in [0.25, 0.3) is 0 Å². The molecule has 1 spiro atoms. The van der Waals surface area contributed by atoms with Crippen molar-refractivity contribution in [3.05, 3.63) is 24.3 Å². The molecule has 1 aromatic carbocycles. The number of aliphatic imine (C=N–C) groups is 2. The standard InChI is InChI=1S/C15H21N5O/c1-21-12-8-4-3-7-11(12)17-14-18-13(16)19-15(20-14)9-5-2-6-10-15/h3-4,7-8H,2,5-6,9-10H2,1H3,(H4,16,17,18,19,20). The van der Waals surface area contributed by atoms with Crippen LogP contribution < -0.4 is 21.1 Å². The number of nitrogens with one attached hydrogen (secondary N) is 2. The number of guanidine groups is 2. The monoisotopic (exact) mass is 287 g/mol. The maximum Gasteiger partial charge on any atom is 0.220 e. The molecule has 0 atom stereocenters. The average Bonchev–Trinajstić information content (AvgIpc) is 2.47. The van der Waals surface area contributed by atoms with E-state index >= 15 is 0 Å². The Bertz CT molecular complexity index is 575. The number of hydrogen-bond donors (Lipinski definition) is 3. The van der Waals surface area contributed by atoms with Crippen LogP contribution in [-0.4, -0.2) is 24.7 Å². The van der Waals surface area contributed by atoms with Gasteiger partial charge in [-0.1, -0.05) is 18.6 Å². The van der Waals surface area contributed by atoms with Crippen LogP contribution in [0.2, 0.25) is 0 Å². The first-order chi connectivity index (χ1) is 10.2. The van der Waals surface area contributed by atoms with Crippen molar-refractivity contribution < 1.29 is 4.74 Å². The minimum Gasteiger partial charge on any atom is -0.495 e. The molecule has 4 N–H and O–H groups in total. The lowest BCUT2D eigenvalue weighted by atomic mass is 9.89. The molecule has 1 saturated carbocycles. The Balaban J connectivity index is 1.81. The predicted octanol–water partition coefficient (Wildman–Crippen LogP) is 2.04. The second kappa shape index (κ2) is 5.63. The van der Waals surface area contributed by atoms with Gasteiger partial charge in [-0.05, 0) is 37.8 Å². The zero-order valence-corrected chi connectivity index (χ0v) is 12.2. The second-order valence-corrected chi connectivity index (χ2v) is 5.47. The van der Waals surface area contributed by atoms with Crippen molar-refractivity contribution in [2.24, 2.45) is 15.7 Å². The van der Waals surface area contributed by atoms with E-state index in [0.717, 1.165) is 37.1 Å². The highest BCUT2D eigenvalue weighted by Crippen LogP contribution is 2.31. The van der Waals surface area contributed by atoms with Crippen LogP contribution in [0.3, 0.4) is 0 Å². The SMILES string of the molecule is COc1ccccc1NC1=NC(N)=NC2(CCCCC2)N1. The van der Waals surface area contributed by atoms with Gasteiger partial charge in [0, 0.05) is 0 Å². The fourth-order valence-electron chi connectivity index (χ4n) is 2.94. The fourth-order valence-corrected chi connectivity index (χ4v) is 2.94. The van der Waals surface area contributed by atoms with Crippen LogP contribution in [0.5, 0.6) is 5.75 Å². The van der Waals surface area contributed by atoms with Crippen molar-refractivity contribution in [2.45, 2.75) is 37.8 Å². The number of benzene rings is 1. The summed E-state index contributed by atoms with van der Waals surface area (Å²) in [4.78, 5) is 8.80. The molecule has 0 bridgehead atoms.